The molecule has 0 aliphatic carbocycles. The number of methoxy groups -OCH3 is 3. The average molecular weight is 294 g/mol. The minimum Gasteiger partial charge on any atom is -0.493 e. The molecule has 0 amide bonds. The van der Waals surface area contributed by atoms with E-state index in [0.717, 1.165) is 5.56 Å². The van der Waals surface area contributed by atoms with Gasteiger partial charge in [0, 0.05) is 5.92 Å². The van der Waals surface area contributed by atoms with Gasteiger partial charge in [-0.25, -0.2) is 0 Å². The van der Waals surface area contributed by atoms with Crippen molar-refractivity contribution in [2.45, 2.75) is 6.42 Å². The first-order chi connectivity index (χ1) is 10.1. The fourth-order valence-corrected chi connectivity index (χ4v) is 2.47. The molecular formula is C15H18O6. The van der Waals surface area contributed by atoms with Crippen LogP contribution in [0.4, 0.5) is 0 Å². The minimum atomic E-state index is -0.858. The summed E-state index contributed by atoms with van der Waals surface area (Å²) in [5.41, 5.74) is 0.935. The highest BCUT2D eigenvalue weighted by Gasteiger charge is 2.43. The lowest BCUT2D eigenvalue weighted by atomic mass is 9.89. The third kappa shape index (κ3) is 3.09. The number of esters is 2. The average Bonchev–Trinajstić information content (AvgIpc) is 2.87. The van der Waals surface area contributed by atoms with Crippen molar-refractivity contribution >= 4 is 11.9 Å². The lowest BCUT2D eigenvalue weighted by Gasteiger charge is -2.14. The molecule has 0 radical (unpaired) electrons. The van der Waals surface area contributed by atoms with Crippen molar-refractivity contribution in [3.05, 3.63) is 23.8 Å². The first kappa shape index (κ1) is 15.2. The van der Waals surface area contributed by atoms with Gasteiger partial charge in [-0.15, -0.1) is 0 Å². The molecule has 2 rings (SSSR count). The molecule has 6 nitrogen and oxygen atoms in total. The van der Waals surface area contributed by atoms with Gasteiger partial charge in [0.05, 0.1) is 27.9 Å². The van der Waals surface area contributed by atoms with Crippen LogP contribution in [0.15, 0.2) is 18.2 Å². The molecule has 0 spiro atoms. The summed E-state index contributed by atoms with van der Waals surface area (Å²) in [6.07, 6.45) is 0.520. The second kappa shape index (κ2) is 6.47. The minimum absolute atomic E-state index is 0.215. The Morgan fingerprint density at radius 1 is 1.24 bits per heavy atom. The summed E-state index contributed by atoms with van der Waals surface area (Å²) in [5, 5.41) is 0. The number of rotatable bonds is 5. The molecular weight excluding hydrogens is 276 g/mol. The quantitative estimate of drug-likeness (QED) is 0.600. The van der Waals surface area contributed by atoms with E-state index in [9.17, 15) is 9.59 Å². The predicted molar refractivity (Wildman–Crippen MR) is 73.2 cm³/mol. The molecule has 21 heavy (non-hydrogen) atoms. The van der Waals surface area contributed by atoms with E-state index in [2.05, 4.69) is 4.74 Å². The molecule has 0 saturated carbocycles. The molecule has 114 valence electrons. The molecule has 1 fully saturated rings. The van der Waals surface area contributed by atoms with Crippen molar-refractivity contribution in [1.82, 2.24) is 0 Å². The van der Waals surface area contributed by atoms with Gasteiger partial charge in [-0.2, -0.15) is 0 Å². The van der Waals surface area contributed by atoms with E-state index in [1.165, 1.54) is 7.11 Å². The number of hydrogen-bond donors (Lipinski definition) is 0. The maximum absolute atomic E-state index is 11.7. The van der Waals surface area contributed by atoms with Crippen molar-refractivity contribution in [2.24, 2.45) is 11.8 Å². The predicted octanol–water partition coefficient (Wildman–Crippen LogP) is 1.21. The van der Waals surface area contributed by atoms with Gasteiger partial charge in [-0.1, -0.05) is 6.07 Å². The van der Waals surface area contributed by atoms with Crippen LogP contribution in [0.2, 0.25) is 0 Å². The molecule has 0 bridgehead atoms. The monoisotopic (exact) mass is 294 g/mol. The Balaban J connectivity index is 2.17. The summed E-state index contributed by atoms with van der Waals surface area (Å²) in [6.45, 7) is 0.215. The Labute approximate surface area is 122 Å². The van der Waals surface area contributed by atoms with E-state index in [0.29, 0.717) is 17.9 Å². The smallest absolute Gasteiger partial charge is 0.320 e. The highest BCUT2D eigenvalue weighted by Crippen LogP contribution is 2.31. The number of ether oxygens (including phenoxy) is 4. The Bertz CT molecular complexity index is 539. The Morgan fingerprint density at radius 2 is 1.95 bits per heavy atom. The first-order valence-corrected chi connectivity index (χ1v) is 6.56. The van der Waals surface area contributed by atoms with Crippen LogP contribution in [0, 0.1) is 11.8 Å². The van der Waals surface area contributed by atoms with Gasteiger partial charge in [0.15, 0.2) is 17.4 Å². The lowest BCUT2D eigenvalue weighted by Crippen LogP contribution is -2.28. The normalized spacial score (nSPS) is 20.8. The van der Waals surface area contributed by atoms with Gasteiger partial charge in [0.2, 0.25) is 0 Å². The van der Waals surface area contributed by atoms with E-state index >= 15 is 0 Å². The SMILES string of the molecule is COC(=O)[C@H]1C(=O)OC[C@@H]1Cc1ccc(OC)c(OC)c1. The zero-order valence-corrected chi connectivity index (χ0v) is 12.3. The van der Waals surface area contributed by atoms with E-state index in [1.807, 2.05) is 12.1 Å². The Hall–Kier alpha value is -2.24. The van der Waals surface area contributed by atoms with Crippen LogP contribution in [0.1, 0.15) is 5.56 Å². The maximum Gasteiger partial charge on any atom is 0.320 e. The molecule has 1 heterocycles. The van der Waals surface area contributed by atoms with Gasteiger partial charge in [0.25, 0.3) is 0 Å². The fraction of sp³-hybridized carbons (Fsp3) is 0.467. The lowest BCUT2D eigenvalue weighted by molar-refractivity contribution is -0.154. The van der Waals surface area contributed by atoms with Crippen LogP contribution in [-0.2, 0) is 25.5 Å². The highest BCUT2D eigenvalue weighted by molar-refractivity contribution is 5.96. The third-order valence-corrected chi connectivity index (χ3v) is 3.57. The third-order valence-electron chi connectivity index (χ3n) is 3.57. The molecule has 0 N–H and O–H groups in total. The fourth-order valence-electron chi connectivity index (χ4n) is 2.47. The summed E-state index contributed by atoms with van der Waals surface area (Å²) >= 11 is 0. The molecule has 1 aromatic rings. The zero-order valence-electron chi connectivity index (χ0n) is 12.3. The second-order valence-electron chi connectivity index (χ2n) is 4.78. The van der Waals surface area contributed by atoms with E-state index in [4.69, 9.17) is 14.2 Å². The molecule has 1 aliphatic heterocycles. The Morgan fingerprint density at radius 3 is 2.57 bits per heavy atom. The van der Waals surface area contributed by atoms with Crippen LogP contribution in [0.3, 0.4) is 0 Å². The standard InChI is InChI=1S/C15H18O6/c1-18-11-5-4-9(7-12(11)19-2)6-10-8-21-15(17)13(10)14(16)20-3/h4-5,7,10,13H,6,8H2,1-3H3/t10-,13-/m0/s1. The van der Waals surface area contributed by atoms with E-state index in [1.54, 1.807) is 20.3 Å². The van der Waals surface area contributed by atoms with Crippen LogP contribution in [-0.4, -0.2) is 39.9 Å². The first-order valence-electron chi connectivity index (χ1n) is 6.56. The molecule has 1 aliphatic rings. The van der Waals surface area contributed by atoms with Crippen molar-refractivity contribution in [2.75, 3.05) is 27.9 Å². The molecule has 1 aromatic carbocycles. The van der Waals surface area contributed by atoms with Crippen LogP contribution >= 0.6 is 0 Å². The highest BCUT2D eigenvalue weighted by atomic mass is 16.6. The number of carbonyl (C=O) groups excluding carboxylic acids is 2. The number of benzene rings is 1. The van der Waals surface area contributed by atoms with Crippen LogP contribution in [0.25, 0.3) is 0 Å². The number of hydrogen-bond acceptors (Lipinski definition) is 6. The van der Waals surface area contributed by atoms with Crippen molar-refractivity contribution < 1.29 is 28.5 Å². The van der Waals surface area contributed by atoms with Gasteiger partial charge < -0.3 is 18.9 Å². The van der Waals surface area contributed by atoms with E-state index < -0.39 is 17.9 Å². The summed E-state index contributed by atoms with van der Waals surface area (Å²) in [7, 11) is 4.39. The van der Waals surface area contributed by atoms with Gasteiger partial charge >= 0.3 is 11.9 Å². The maximum atomic E-state index is 11.7. The molecule has 6 heteroatoms. The molecule has 0 aromatic heterocycles. The summed E-state index contributed by atoms with van der Waals surface area (Å²) in [4.78, 5) is 23.3. The summed E-state index contributed by atoms with van der Waals surface area (Å²) < 4.78 is 20.1. The van der Waals surface area contributed by atoms with Gasteiger partial charge in [-0.3, -0.25) is 9.59 Å². The number of cyclic esters (lactones) is 1. The second-order valence-corrected chi connectivity index (χ2v) is 4.78. The van der Waals surface area contributed by atoms with Crippen LogP contribution < -0.4 is 9.47 Å². The van der Waals surface area contributed by atoms with Crippen molar-refractivity contribution in [3.63, 3.8) is 0 Å². The molecule has 1 saturated heterocycles. The summed E-state index contributed by atoms with van der Waals surface area (Å²) in [5.74, 6) is -0.930. The Kier molecular flexibility index (Phi) is 4.67. The van der Waals surface area contributed by atoms with Crippen molar-refractivity contribution in [3.8, 4) is 11.5 Å². The van der Waals surface area contributed by atoms with Gasteiger partial charge in [-0.05, 0) is 24.1 Å². The topological polar surface area (TPSA) is 71.1 Å². The van der Waals surface area contributed by atoms with Crippen molar-refractivity contribution in [1.29, 1.82) is 0 Å². The molecule has 2 atom stereocenters. The zero-order chi connectivity index (χ0) is 15.4. The number of carbonyl (C=O) groups is 2. The molecule has 0 unspecified atom stereocenters. The van der Waals surface area contributed by atoms with Crippen LogP contribution in [0.5, 0.6) is 11.5 Å². The van der Waals surface area contributed by atoms with E-state index in [-0.39, 0.29) is 12.5 Å². The largest absolute Gasteiger partial charge is 0.493 e. The summed E-state index contributed by atoms with van der Waals surface area (Å²) in [6, 6.07) is 5.49. The van der Waals surface area contributed by atoms with Gasteiger partial charge in [0.1, 0.15) is 0 Å².